The van der Waals surface area contributed by atoms with Crippen molar-refractivity contribution in [3.63, 3.8) is 0 Å². The summed E-state index contributed by atoms with van der Waals surface area (Å²) in [4.78, 5) is 12.5. The molecule has 2 unspecified atom stereocenters. The van der Waals surface area contributed by atoms with E-state index in [-0.39, 0.29) is 11.9 Å². The van der Waals surface area contributed by atoms with Crippen molar-refractivity contribution in [2.75, 3.05) is 12.3 Å². The number of halogens is 1. The van der Waals surface area contributed by atoms with Gasteiger partial charge in [-0.3, -0.25) is 4.79 Å². The normalized spacial score (nSPS) is 26.1. The van der Waals surface area contributed by atoms with Crippen molar-refractivity contribution < 1.29 is 4.79 Å². The van der Waals surface area contributed by atoms with Crippen molar-refractivity contribution in [1.82, 2.24) is 10.6 Å². The van der Waals surface area contributed by atoms with Gasteiger partial charge in [-0.1, -0.05) is 11.6 Å². The number of nitrogens with one attached hydrogen (secondary N) is 2. The third-order valence-electron chi connectivity index (χ3n) is 3.71. The van der Waals surface area contributed by atoms with Crippen molar-refractivity contribution in [2.45, 2.75) is 36.2 Å². The summed E-state index contributed by atoms with van der Waals surface area (Å²) < 4.78 is 0. The van der Waals surface area contributed by atoms with E-state index in [4.69, 9.17) is 11.6 Å². The number of carbonyl (C=O) groups is 1. The number of carbonyl (C=O) groups excluding carboxylic acids is 1. The van der Waals surface area contributed by atoms with E-state index in [0.717, 1.165) is 30.2 Å². The number of thioether (sulfide) groups is 1. The molecule has 0 radical (unpaired) electrons. The molecule has 2 aliphatic heterocycles. The molecule has 1 aromatic carbocycles. The molecule has 1 fully saturated rings. The van der Waals surface area contributed by atoms with Crippen LogP contribution in [0.1, 0.15) is 30.9 Å². The van der Waals surface area contributed by atoms with Crippen molar-refractivity contribution in [1.29, 1.82) is 0 Å². The number of benzene rings is 1. The first kappa shape index (κ1) is 13.3. The average molecular weight is 297 g/mol. The number of hydrogen-bond donors (Lipinski definition) is 2. The highest BCUT2D eigenvalue weighted by Gasteiger charge is 2.24. The van der Waals surface area contributed by atoms with Crippen LogP contribution in [0.2, 0.25) is 5.02 Å². The fourth-order valence-electron chi connectivity index (χ4n) is 2.69. The molecule has 2 heterocycles. The Morgan fingerprint density at radius 3 is 3.11 bits per heavy atom. The molecule has 1 saturated heterocycles. The summed E-state index contributed by atoms with van der Waals surface area (Å²) >= 11 is 7.99. The lowest BCUT2D eigenvalue weighted by Crippen LogP contribution is -2.38. The van der Waals surface area contributed by atoms with E-state index >= 15 is 0 Å². The molecule has 1 aromatic rings. The van der Waals surface area contributed by atoms with Gasteiger partial charge in [0.05, 0.1) is 0 Å². The second kappa shape index (κ2) is 5.73. The zero-order chi connectivity index (χ0) is 13.2. The summed E-state index contributed by atoms with van der Waals surface area (Å²) in [5, 5.41) is 7.37. The number of hydrogen-bond acceptors (Lipinski definition) is 3. The maximum Gasteiger partial charge on any atom is 0.220 e. The monoisotopic (exact) mass is 296 g/mol. The lowest BCUT2D eigenvalue weighted by Gasteiger charge is -2.27. The summed E-state index contributed by atoms with van der Waals surface area (Å²) in [7, 11) is 0. The van der Waals surface area contributed by atoms with Crippen LogP contribution in [0, 0.1) is 0 Å². The van der Waals surface area contributed by atoms with Gasteiger partial charge in [0, 0.05) is 35.0 Å². The SMILES string of the molecule is O=C1CCC(CNC2CCSc3ccc(Cl)cc32)N1. The molecule has 2 aliphatic rings. The summed E-state index contributed by atoms with van der Waals surface area (Å²) in [6.07, 6.45) is 2.71. The van der Waals surface area contributed by atoms with Gasteiger partial charge in [-0.05, 0) is 42.4 Å². The van der Waals surface area contributed by atoms with Crippen LogP contribution < -0.4 is 10.6 Å². The van der Waals surface area contributed by atoms with Gasteiger partial charge in [0.25, 0.3) is 0 Å². The fourth-order valence-corrected chi connectivity index (χ4v) is 3.98. The zero-order valence-corrected chi connectivity index (χ0v) is 12.2. The van der Waals surface area contributed by atoms with E-state index in [9.17, 15) is 4.79 Å². The molecule has 102 valence electrons. The average Bonchev–Trinajstić information content (AvgIpc) is 2.82. The molecule has 2 atom stereocenters. The van der Waals surface area contributed by atoms with Crippen LogP contribution in [0.15, 0.2) is 23.1 Å². The molecular weight excluding hydrogens is 280 g/mol. The topological polar surface area (TPSA) is 41.1 Å². The lowest BCUT2D eigenvalue weighted by atomic mass is 10.0. The smallest absolute Gasteiger partial charge is 0.220 e. The molecule has 0 bridgehead atoms. The molecular formula is C14H17ClN2OS. The minimum atomic E-state index is 0.175. The first-order chi connectivity index (χ1) is 9.22. The summed E-state index contributed by atoms with van der Waals surface area (Å²) in [6.45, 7) is 0.840. The Kier molecular flexibility index (Phi) is 4.01. The Balaban J connectivity index is 1.66. The molecule has 1 amide bonds. The minimum absolute atomic E-state index is 0.175. The predicted octanol–water partition coefficient (Wildman–Crippen LogP) is 2.75. The Morgan fingerprint density at radius 1 is 1.42 bits per heavy atom. The van der Waals surface area contributed by atoms with Crippen molar-refractivity contribution >= 4 is 29.3 Å². The second-order valence-electron chi connectivity index (χ2n) is 5.08. The first-order valence-corrected chi connectivity index (χ1v) is 8.04. The Bertz CT molecular complexity index is 494. The molecule has 19 heavy (non-hydrogen) atoms. The highest BCUT2D eigenvalue weighted by atomic mass is 35.5. The van der Waals surface area contributed by atoms with Gasteiger partial charge in [-0.2, -0.15) is 0 Å². The van der Waals surface area contributed by atoms with E-state index in [1.807, 2.05) is 17.8 Å². The molecule has 2 N–H and O–H groups in total. The third kappa shape index (κ3) is 3.07. The van der Waals surface area contributed by atoms with Crippen molar-refractivity contribution in [2.24, 2.45) is 0 Å². The summed E-state index contributed by atoms with van der Waals surface area (Å²) in [5.41, 5.74) is 1.30. The van der Waals surface area contributed by atoms with Crippen LogP contribution in [0.25, 0.3) is 0 Å². The molecule has 0 aliphatic carbocycles. The molecule has 5 heteroatoms. The van der Waals surface area contributed by atoms with Gasteiger partial charge < -0.3 is 10.6 Å². The Morgan fingerprint density at radius 2 is 2.32 bits per heavy atom. The quantitative estimate of drug-likeness (QED) is 0.901. The maximum atomic E-state index is 11.2. The molecule has 0 aromatic heterocycles. The van der Waals surface area contributed by atoms with Gasteiger partial charge in [-0.25, -0.2) is 0 Å². The predicted molar refractivity (Wildman–Crippen MR) is 78.7 cm³/mol. The van der Waals surface area contributed by atoms with E-state index < -0.39 is 0 Å². The summed E-state index contributed by atoms with van der Waals surface area (Å²) in [5.74, 6) is 1.30. The Hall–Kier alpha value is -0.710. The highest BCUT2D eigenvalue weighted by molar-refractivity contribution is 7.99. The lowest BCUT2D eigenvalue weighted by molar-refractivity contribution is -0.119. The van der Waals surface area contributed by atoms with Crippen LogP contribution in [-0.2, 0) is 4.79 Å². The van der Waals surface area contributed by atoms with Gasteiger partial charge >= 0.3 is 0 Å². The van der Waals surface area contributed by atoms with Crippen molar-refractivity contribution in [3.8, 4) is 0 Å². The van der Waals surface area contributed by atoms with Gasteiger partial charge in [-0.15, -0.1) is 11.8 Å². The first-order valence-electron chi connectivity index (χ1n) is 6.67. The van der Waals surface area contributed by atoms with Gasteiger partial charge in [0.1, 0.15) is 0 Å². The van der Waals surface area contributed by atoms with Crippen LogP contribution in [0.4, 0.5) is 0 Å². The standard InChI is InChI=1S/C14H17ClN2OS/c15-9-1-3-13-11(7-9)12(5-6-19-13)16-8-10-2-4-14(18)17-10/h1,3,7,10,12,16H,2,4-6,8H2,(H,17,18). The fraction of sp³-hybridized carbons (Fsp3) is 0.500. The minimum Gasteiger partial charge on any atom is -0.352 e. The van der Waals surface area contributed by atoms with E-state index in [1.54, 1.807) is 0 Å². The van der Waals surface area contributed by atoms with E-state index in [1.165, 1.54) is 10.5 Å². The highest BCUT2D eigenvalue weighted by Crippen LogP contribution is 2.37. The number of fused-ring (bicyclic) bond motifs is 1. The van der Waals surface area contributed by atoms with E-state index in [0.29, 0.717) is 12.5 Å². The second-order valence-corrected chi connectivity index (χ2v) is 6.66. The number of rotatable bonds is 3. The van der Waals surface area contributed by atoms with Crippen LogP contribution in [0.5, 0.6) is 0 Å². The van der Waals surface area contributed by atoms with Crippen LogP contribution >= 0.6 is 23.4 Å². The third-order valence-corrected chi connectivity index (χ3v) is 5.06. The molecule has 3 rings (SSSR count). The van der Waals surface area contributed by atoms with Crippen LogP contribution in [0.3, 0.4) is 0 Å². The maximum absolute atomic E-state index is 11.2. The van der Waals surface area contributed by atoms with Crippen molar-refractivity contribution in [3.05, 3.63) is 28.8 Å². The molecule has 0 spiro atoms. The van der Waals surface area contributed by atoms with Gasteiger partial charge in [0.15, 0.2) is 0 Å². The zero-order valence-electron chi connectivity index (χ0n) is 10.6. The van der Waals surface area contributed by atoms with E-state index in [2.05, 4.69) is 22.8 Å². The molecule has 0 saturated carbocycles. The molecule has 3 nitrogen and oxygen atoms in total. The number of amides is 1. The van der Waals surface area contributed by atoms with Gasteiger partial charge in [0.2, 0.25) is 5.91 Å². The summed E-state index contributed by atoms with van der Waals surface area (Å²) in [6, 6.07) is 6.76. The van der Waals surface area contributed by atoms with Crippen LogP contribution in [-0.4, -0.2) is 24.2 Å². The Labute approximate surface area is 122 Å². The largest absolute Gasteiger partial charge is 0.352 e.